The van der Waals surface area contributed by atoms with Gasteiger partial charge in [-0.05, 0) is 18.9 Å². The van der Waals surface area contributed by atoms with Gasteiger partial charge in [-0.2, -0.15) is 0 Å². The summed E-state index contributed by atoms with van der Waals surface area (Å²) in [5.74, 6) is -0.341. The molecule has 0 amide bonds. The maximum absolute atomic E-state index is 11.0. The highest BCUT2D eigenvalue weighted by atomic mass is 35.5. The van der Waals surface area contributed by atoms with Gasteiger partial charge in [-0.3, -0.25) is 0 Å². The molecule has 0 radical (unpaired) electrons. The first-order valence-corrected chi connectivity index (χ1v) is 5.24. The van der Waals surface area contributed by atoms with Crippen LogP contribution in [0.25, 0.3) is 6.08 Å². The topological polar surface area (TPSA) is 75.1 Å². The van der Waals surface area contributed by atoms with Crippen molar-refractivity contribution in [3.8, 4) is 0 Å². The number of carboxylic acids is 1. The van der Waals surface area contributed by atoms with Crippen LogP contribution in [0.5, 0.6) is 0 Å². The Morgan fingerprint density at radius 3 is 3.06 bits per heavy atom. The number of hydrogen-bond acceptors (Lipinski definition) is 4. The van der Waals surface area contributed by atoms with Crippen LogP contribution in [-0.2, 0) is 4.79 Å². The fourth-order valence-corrected chi connectivity index (χ4v) is 1.73. The van der Waals surface area contributed by atoms with Crippen LogP contribution in [0.3, 0.4) is 0 Å². The predicted molar refractivity (Wildman–Crippen MR) is 60.4 cm³/mol. The van der Waals surface area contributed by atoms with Crippen molar-refractivity contribution >= 4 is 29.5 Å². The zero-order valence-electron chi connectivity index (χ0n) is 8.40. The van der Waals surface area contributed by atoms with E-state index in [1.807, 2.05) is 0 Å². The molecule has 0 saturated carbocycles. The average molecular weight is 240 g/mol. The monoisotopic (exact) mass is 239 g/mol. The molecule has 6 heteroatoms. The number of halogens is 1. The standard InChI is InChI=1S/C10H10ClN3O2/c11-8-7-4-6(10(15)16)2-1-3-12-9(7)14-5-13-8/h4-5H,1-3H2,(H,15,16)(H,12,13,14)/b6-4+. The van der Waals surface area contributed by atoms with E-state index in [1.165, 1.54) is 12.4 Å². The molecule has 0 spiro atoms. The lowest BCUT2D eigenvalue weighted by atomic mass is 10.1. The molecule has 2 heterocycles. The molecule has 5 nitrogen and oxygen atoms in total. The lowest BCUT2D eigenvalue weighted by molar-refractivity contribution is -0.132. The molecule has 84 valence electrons. The Bertz CT molecular complexity index is 459. The van der Waals surface area contributed by atoms with E-state index in [4.69, 9.17) is 16.7 Å². The number of rotatable bonds is 1. The molecular weight excluding hydrogens is 230 g/mol. The molecule has 0 aliphatic carbocycles. The SMILES string of the molecule is O=C(O)/C1=C/c2c(Cl)ncnc2NCCC1. The summed E-state index contributed by atoms with van der Waals surface area (Å²) < 4.78 is 0. The highest BCUT2D eigenvalue weighted by Gasteiger charge is 2.15. The highest BCUT2D eigenvalue weighted by molar-refractivity contribution is 6.31. The summed E-state index contributed by atoms with van der Waals surface area (Å²) in [6.45, 7) is 0.672. The van der Waals surface area contributed by atoms with Gasteiger partial charge in [-0.15, -0.1) is 0 Å². The van der Waals surface area contributed by atoms with E-state index >= 15 is 0 Å². The van der Waals surface area contributed by atoms with Crippen LogP contribution in [0.15, 0.2) is 11.9 Å². The van der Waals surface area contributed by atoms with Gasteiger partial charge in [0, 0.05) is 12.1 Å². The van der Waals surface area contributed by atoms with Crippen LogP contribution in [0.1, 0.15) is 18.4 Å². The molecule has 1 aliphatic heterocycles. The summed E-state index contributed by atoms with van der Waals surface area (Å²) in [6, 6.07) is 0. The van der Waals surface area contributed by atoms with Crippen LogP contribution in [0.2, 0.25) is 5.15 Å². The normalized spacial score (nSPS) is 18.4. The number of nitrogens with zero attached hydrogens (tertiary/aromatic N) is 2. The van der Waals surface area contributed by atoms with Gasteiger partial charge in [0.15, 0.2) is 0 Å². The second kappa shape index (κ2) is 4.49. The largest absolute Gasteiger partial charge is 0.478 e. The predicted octanol–water partition coefficient (Wildman–Crippen LogP) is 1.80. The molecule has 0 saturated heterocycles. The molecule has 0 fully saturated rings. The molecule has 1 aliphatic rings. The first-order chi connectivity index (χ1) is 7.68. The second-order valence-corrected chi connectivity index (χ2v) is 3.79. The van der Waals surface area contributed by atoms with E-state index in [2.05, 4.69) is 15.3 Å². The maximum atomic E-state index is 11.0. The van der Waals surface area contributed by atoms with Crippen LogP contribution in [-0.4, -0.2) is 27.6 Å². The molecule has 2 rings (SSSR count). The molecule has 0 bridgehead atoms. The number of anilines is 1. The molecular formula is C10H10ClN3O2. The minimum Gasteiger partial charge on any atom is -0.478 e. The summed E-state index contributed by atoms with van der Waals surface area (Å²) in [7, 11) is 0. The number of aliphatic carboxylic acids is 1. The summed E-state index contributed by atoms with van der Waals surface area (Å²) in [5, 5.41) is 12.4. The highest BCUT2D eigenvalue weighted by Crippen LogP contribution is 2.25. The van der Waals surface area contributed by atoms with Crippen molar-refractivity contribution in [3.05, 3.63) is 22.6 Å². The second-order valence-electron chi connectivity index (χ2n) is 3.43. The molecule has 16 heavy (non-hydrogen) atoms. The number of aromatic nitrogens is 2. The molecule has 2 N–H and O–H groups in total. The Morgan fingerprint density at radius 1 is 1.50 bits per heavy atom. The van der Waals surface area contributed by atoms with Gasteiger partial charge in [-0.25, -0.2) is 14.8 Å². The Morgan fingerprint density at radius 2 is 2.31 bits per heavy atom. The van der Waals surface area contributed by atoms with Crippen molar-refractivity contribution < 1.29 is 9.90 Å². The maximum Gasteiger partial charge on any atom is 0.331 e. The summed E-state index contributed by atoms with van der Waals surface area (Å²) in [4.78, 5) is 18.8. The van der Waals surface area contributed by atoms with Crippen LogP contribution < -0.4 is 5.32 Å². The van der Waals surface area contributed by atoms with Crippen molar-refractivity contribution in [2.75, 3.05) is 11.9 Å². The van der Waals surface area contributed by atoms with Gasteiger partial charge in [0.1, 0.15) is 17.3 Å². The van der Waals surface area contributed by atoms with Gasteiger partial charge < -0.3 is 10.4 Å². The minimum atomic E-state index is -0.923. The smallest absolute Gasteiger partial charge is 0.331 e. The van der Waals surface area contributed by atoms with E-state index in [9.17, 15) is 4.79 Å². The van der Waals surface area contributed by atoms with E-state index < -0.39 is 5.97 Å². The van der Waals surface area contributed by atoms with E-state index in [0.29, 0.717) is 29.9 Å². The fraction of sp³-hybridized carbons (Fsp3) is 0.300. The van der Waals surface area contributed by atoms with Gasteiger partial charge in [0.25, 0.3) is 0 Å². The van der Waals surface area contributed by atoms with Gasteiger partial charge >= 0.3 is 5.97 Å². The summed E-state index contributed by atoms with van der Waals surface area (Å²) in [6.07, 6.45) is 4.14. The lowest BCUT2D eigenvalue weighted by Crippen LogP contribution is -2.11. The fourth-order valence-electron chi connectivity index (χ4n) is 1.54. The average Bonchev–Trinajstić information content (AvgIpc) is 2.19. The van der Waals surface area contributed by atoms with Gasteiger partial charge in [0.2, 0.25) is 0 Å². The van der Waals surface area contributed by atoms with E-state index in [1.54, 1.807) is 0 Å². The number of fused-ring (bicyclic) bond motifs is 1. The number of hydrogen-bond donors (Lipinski definition) is 2. The Balaban J connectivity index is 2.52. The Kier molecular flexibility index (Phi) is 3.05. The van der Waals surface area contributed by atoms with Crippen molar-refractivity contribution in [3.63, 3.8) is 0 Å². The molecule has 0 atom stereocenters. The van der Waals surface area contributed by atoms with Crippen molar-refractivity contribution in [2.24, 2.45) is 0 Å². The van der Waals surface area contributed by atoms with Crippen molar-refractivity contribution in [1.29, 1.82) is 0 Å². The van der Waals surface area contributed by atoms with Crippen LogP contribution >= 0.6 is 11.6 Å². The summed E-state index contributed by atoms with van der Waals surface area (Å²) >= 11 is 5.91. The molecule has 1 aromatic rings. The molecule has 0 unspecified atom stereocenters. The third kappa shape index (κ3) is 2.14. The quantitative estimate of drug-likeness (QED) is 0.731. The third-order valence-electron chi connectivity index (χ3n) is 2.34. The van der Waals surface area contributed by atoms with Crippen molar-refractivity contribution in [2.45, 2.75) is 12.8 Å². The van der Waals surface area contributed by atoms with Gasteiger partial charge in [0.05, 0.1) is 5.56 Å². The first-order valence-electron chi connectivity index (χ1n) is 4.86. The lowest BCUT2D eigenvalue weighted by Gasteiger charge is -2.13. The van der Waals surface area contributed by atoms with Crippen LogP contribution in [0, 0.1) is 0 Å². The number of carbonyl (C=O) groups is 1. The van der Waals surface area contributed by atoms with E-state index in [0.717, 1.165) is 6.42 Å². The van der Waals surface area contributed by atoms with E-state index in [-0.39, 0.29) is 5.15 Å². The van der Waals surface area contributed by atoms with Crippen LogP contribution in [0.4, 0.5) is 5.82 Å². The minimum absolute atomic E-state index is 0.262. The zero-order chi connectivity index (χ0) is 11.5. The summed E-state index contributed by atoms with van der Waals surface area (Å²) in [5.41, 5.74) is 0.876. The Hall–Kier alpha value is -1.62. The first kappa shape index (κ1) is 10.9. The molecule has 1 aromatic heterocycles. The number of carboxylic acid groups (broad SMARTS) is 1. The van der Waals surface area contributed by atoms with Gasteiger partial charge in [-0.1, -0.05) is 11.6 Å². The van der Waals surface area contributed by atoms with Crippen molar-refractivity contribution in [1.82, 2.24) is 9.97 Å². The number of nitrogens with one attached hydrogen (secondary N) is 1. The molecule has 0 aromatic carbocycles. The third-order valence-corrected chi connectivity index (χ3v) is 2.65. The zero-order valence-corrected chi connectivity index (χ0v) is 9.16. The Labute approximate surface area is 97.2 Å².